The minimum atomic E-state index is -0.314. The molecule has 6 nitrogen and oxygen atoms in total. The number of benzene rings is 1. The van der Waals surface area contributed by atoms with Gasteiger partial charge in [-0.05, 0) is 36.8 Å². The summed E-state index contributed by atoms with van der Waals surface area (Å²) in [5.41, 5.74) is 7.48. The normalized spacial score (nSPS) is 10.6. The number of carbonyl (C=O) groups is 1. The molecule has 0 atom stereocenters. The summed E-state index contributed by atoms with van der Waals surface area (Å²) in [4.78, 5) is 14.5. The molecule has 0 saturated carbocycles. The van der Waals surface area contributed by atoms with E-state index in [4.69, 9.17) is 15.0 Å². The highest BCUT2D eigenvalue weighted by atomic mass is 32.1. The Hall–Kier alpha value is -2.80. The van der Waals surface area contributed by atoms with Gasteiger partial charge in [0.2, 0.25) is 5.88 Å². The van der Waals surface area contributed by atoms with Crippen LogP contribution in [-0.4, -0.2) is 18.2 Å². The molecule has 0 unspecified atom stereocenters. The Balaban J connectivity index is 1.76. The van der Waals surface area contributed by atoms with Crippen molar-refractivity contribution in [1.82, 2.24) is 10.5 Å². The van der Waals surface area contributed by atoms with E-state index < -0.39 is 0 Å². The molecule has 1 aromatic carbocycles. The molecule has 3 rings (SSSR count). The molecule has 0 saturated heterocycles. The van der Waals surface area contributed by atoms with Crippen LogP contribution in [0, 0.1) is 6.92 Å². The monoisotopic (exact) mass is 343 g/mol. The summed E-state index contributed by atoms with van der Waals surface area (Å²) in [5, 5.41) is 6.77. The van der Waals surface area contributed by atoms with Gasteiger partial charge in [0.1, 0.15) is 17.0 Å². The number of anilines is 1. The fraction of sp³-hybridized carbons (Fsp3) is 0.176. The van der Waals surface area contributed by atoms with E-state index >= 15 is 0 Å². The molecule has 0 bridgehead atoms. The van der Waals surface area contributed by atoms with Crippen LogP contribution in [0.5, 0.6) is 5.75 Å². The molecule has 0 fully saturated rings. The summed E-state index contributed by atoms with van der Waals surface area (Å²) in [6.45, 7) is 2.36. The summed E-state index contributed by atoms with van der Waals surface area (Å²) in [6, 6.07) is 11.3. The second-order valence-corrected chi connectivity index (χ2v) is 6.50. The van der Waals surface area contributed by atoms with E-state index in [0.717, 1.165) is 21.1 Å². The van der Waals surface area contributed by atoms with Crippen molar-refractivity contribution in [1.29, 1.82) is 0 Å². The molecule has 2 aromatic heterocycles. The molecular weight excluding hydrogens is 326 g/mol. The smallest absolute Gasteiger partial charge is 0.259 e. The average molecular weight is 343 g/mol. The molecule has 0 aliphatic rings. The van der Waals surface area contributed by atoms with Crippen LogP contribution in [0.25, 0.3) is 10.6 Å². The molecule has 0 spiro atoms. The first-order valence-electron chi connectivity index (χ1n) is 7.31. The van der Waals surface area contributed by atoms with Gasteiger partial charge in [-0.1, -0.05) is 17.3 Å². The van der Waals surface area contributed by atoms with Gasteiger partial charge in [-0.15, -0.1) is 11.3 Å². The molecule has 2 heterocycles. The summed E-state index contributed by atoms with van der Waals surface area (Å²) in [5.74, 6) is 0.470. The van der Waals surface area contributed by atoms with E-state index in [1.165, 1.54) is 11.3 Å². The van der Waals surface area contributed by atoms with Gasteiger partial charge in [-0.3, -0.25) is 4.79 Å². The lowest BCUT2D eigenvalue weighted by Gasteiger charge is -2.06. The first-order chi connectivity index (χ1) is 11.6. The third kappa shape index (κ3) is 3.26. The van der Waals surface area contributed by atoms with Crippen molar-refractivity contribution in [2.75, 3.05) is 12.8 Å². The number of nitrogens with one attached hydrogen (secondary N) is 1. The highest BCUT2D eigenvalue weighted by Crippen LogP contribution is 2.32. The number of nitrogen functional groups attached to an aromatic ring is 1. The van der Waals surface area contributed by atoms with Crippen LogP contribution in [0.3, 0.4) is 0 Å². The lowest BCUT2D eigenvalue weighted by Crippen LogP contribution is -2.23. The highest BCUT2D eigenvalue weighted by molar-refractivity contribution is 7.15. The van der Waals surface area contributed by atoms with E-state index in [0.29, 0.717) is 12.2 Å². The first kappa shape index (κ1) is 16.1. The van der Waals surface area contributed by atoms with Crippen LogP contribution in [0.1, 0.15) is 20.8 Å². The van der Waals surface area contributed by atoms with E-state index in [1.54, 1.807) is 7.11 Å². The number of aryl methyl sites for hydroxylation is 1. The Morgan fingerprint density at radius 2 is 2.04 bits per heavy atom. The number of carbonyl (C=O) groups excluding carboxylic acids is 1. The van der Waals surface area contributed by atoms with Crippen molar-refractivity contribution in [3.8, 4) is 16.3 Å². The predicted octanol–water partition coefficient (Wildman–Crippen LogP) is 3.23. The molecule has 0 aliphatic heterocycles. The summed E-state index contributed by atoms with van der Waals surface area (Å²) in [6.07, 6.45) is 0. The van der Waals surface area contributed by atoms with Gasteiger partial charge < -0.3 is 20.3 Å². The van der Waals surface area contributed by atoms with Gasteiger partial charge >= 0.3 is 0 Å². The minimum absolute atomic E-state index is 0.0169. The second kappa shape index (κ2) is 6.76. The maximum atomic E-state index is 12.5. The number of ether oxygens (including phenoxy) is 1. The molecule has 3 aromatic rings. The van der Waals surface area contributed by atoms with Crippen LogP contribution in [-0.2, 0) is 6.54 Å². The Bertz CT molecular complexity index is 852. The number of nitrogens with two attached hydrogens (primary N) is 1. The van der Waals surface area contributed by atoms with Gasteiger partial charge in [0.15, 0.2) is 0 Å². The molecule has 0 radical (unpaired) electrons. The van der Waals surface area contributed by atoms with E-state index in [1.807, 2.05) is 43.3 Å². The standard InChI is InChI=1S/C17H17N3O3S/c1-10-3-8-13(24-10)15-14(16(18)23-20-15)17(21)19-9-11-4-6-12(22-2)7-5-11/h3-8H,9,18H2,1-2H3,(H,19,21). The number of aromatic nitrogens is 1. The van der Waals surface area contributed by atoms with Crippen molar-refractivity contribution in [3.05, 3.63) is 52.4 Å². The van der Waals surface area contributed by atoms with Crippen LogP contribution >= 0.6 is 11.3 Å². The van der Waals surface area contributed by atoms with E-state index in [9.17, 15) is 4.79 Å². The number of rotatable bonds is 5. The SMILES string of the molecule is COc1ccc(CNC(=O)c2c(-c3ccc(C)s3)noc2N)cc1. The molecular formula is C17H17N3O3S. The van der Waals surface area contributed by atoms with Crippen LogP contribution in [0.15, 0.2) is 40.9 Å². The first-order valence-corrected chi connectivity index (χ1v) is 8.13. The van der Waals surface area contributed by atoms with Gasteiger partial charge in [-0.25, -0.2) is 0 Å². The summed E-state index contributed by atoms with van der Waals surface area (Å²) < 4.78 is 10.1. The Labute approximate surface area is 143 Å². The molecule has 0 aliphatic carbocycles. The Morgan fingerprint density at radius 3 is 2.67 bits per heavy atom. The zero-order valence-electron chi connectivity index (χ0n) is 13.3. The maximum absolute atomic E-state index is 12.5. The van der Waals surface area contributed by atoms with Crippen molar-refractivity contribution >= 4 is 23.1 Å². The molecule has 3 N–H and O–H groups in total. The predicted molar refractivity (Wildman–Crippen MR) is 93.1 cm³/mol. The lowest BCUT2D eigenvalue weighted by atomic mass is 10.1. The fourth-order valence-electron chi connectivity index (χ4n) is 2.27. The minimum Gasteiger partial charge on any atom is -0.497 e. The average Bonchev–Trinajstić information content (AvgIpc) is 3.18. The quantitative estimate of drug-likeness (QED) is 0.742. The van der Waals surface area contributed by atoms with Gasteiger partial charge in [0.25, 0.3) is 5.91 Å². The Kier molecular flexibility index (Phi) is 4.52. The second-order valence-electron chi connectivity index (χ2n) is 5.21. The van der Waals surface area contributed by atoms with Crippen LogP contribution < -0.4 is 15.8 Å². The highest BCUT2D eigenvalue weighted by Gasteiger charge is 2.23. The van der Waals surface area contributed by atoms with Crippen LogP contribution in [0.4, 0.5) is 5.88 Å². The van der Waals surface area contributed by atoms with Crippen molar-refractivity contribution < 1.29 is 14.1 Å². The third-order valence-electron chi connectivity index (χ3n) is 3.53. The van der Waals surface area contributed by atoms with E-state index in [-0.39, 0.29) is 17.4 Å². The van der Waals surface area contributed by atoms with Gasteiger partial charge in [-0.2, -0.15) is 0 Å². The van der Waals surface area contributed by atoms with Crippen molar-refractivity contribution in [3.63, 3.8) is 0 Å². The molecule has 124 valence electrons. The maximum Gasteiger partial charge on any atom is 0.259 e. The lowest BCUT2D eigenvalue weighted by molar-refractivity contribution is 0.0952. The fourth-order valence-corrected chi connectivity index (χ4v) is 3.12. The largest absolute Gasteiger partial charge is 0.497 e. The number of methoxy groups -OCH3 is 1. The number of hydrogen-bond acceptors (Lipinski definition) is 6. The number of hydrogen-bond donors (Lipinski definition) is 2. The summed E-state index contributed by atoms with van der Waals surface area (Å²) >= 11 is 1.53. The summed E-state index contributed by atoms with van der Waals surface area (Å²) in [7, 11) is 1.61. The van der Waals surface area contributed by atoms with E-state index in [2.05, 4.69) is 10.5 Å². The number of thiophene rings is 1. The zero-order valence-corrected chi connectivity index (χ0v) is 14.1. The molecule has 24 heavy (non-hydrogen) atoms. The van der Waals surface area contributed by atoms with Crippen LogP contribution in [0.2, 0.25) is 0 Å². The molecule has 1 amide bonds. The topological polar surface area (TPSA) is 90.4 Å². The zero-order chi connectivity index (χ0) is 17.1. The number of nitrogens with zero attached hydrogens (tertiary/aromatic N) is 1. The van der Waals surface area contributed by atoms with Gasteiger partial charge in [0.05, 0.1) is 12.0 Å². The third-order valence-corrected chi connectivity index (χ3v) is 4.54. The van der Waals surface area contributed by atoms with Gasteiger partial charge in [0, 0.05) is 11.4 Å². The Morgan fingerprint density at radius 1 is 1.29 bits per heavy atom. The van der Waals surface area contributed by atoms with Crippen molar-refractivity contribution in [2.45, 2.75) is 13.5 Å². The molecule has 7 heteroatoms. The van der Waals surface area contributed by atoms with Crippen molar-refractivity contribution in [2.24, 2.45) is 0 Å². The number of amides is 1.